The van der Waals surface area contributed by atoms with Crippen LogP contribution in [0.2, 0.25) is 0 Å². The van der Waals surface area contributed by atoms with E-state index in [2.05, 4.69) is 20.1 Å². The van der Waals surface area contributed by atoms with Gasteiger partial charge >= 0.3 is 0 Å². The van der Waals surface area contributed by atoms with Crippen LogP contribution in [0.1, 0.15) is 42.4 Å². The number of hydrogen-bond acceptors (Lipinski definition) is 5. The number of carbonyl (C=O) groups excluding carboxylic acids is 1. The molecule has 2 aliphatic heterocycles. The highest BCUT2D eigenvalue weighted by molar-refractivity contribution is 5.85. The number of methoxy groups -OCH3 is 1. The normalized spacial score (nSPS) is 17.0. The van der Waals surface area contributed by atoms with Gasteiger partial charge in [-0.2, -0.15) is 0 Å². The van der Waals surface area contributed by atoms with Gasteiger partial charge in [-0.15, -0.1) is 22.6 Å². The predicted octanol–water partition coefficient (Wildman–Crippen LogP) is 2.15. The Labute approximate surface area is 171 Å². The lowest BCUT2D eigenvalue weighted by Gasteiger charge is -2.32. The molecule has 7 nitrogen and oxygen atoms in total. The maximum atomic E-state index is 12.6. The average molecular weight is 406 g/mol. The highest BCUT2D eigenvalue weighted by Gasteiger charge is 2.28. The maximum Gasteiger partial charge on any atom is 0.222 e. The van der Waals surface area contributed by atoms with E-state index in [4.69, 9.17) is 4.74 Å². The molecule has 1 amide bonds. The largest absolute Gasteiger partial charge is 0.496 e. The minimum atomic E-state index is 0. The summed E-state index contributed by atoms with van der Waals surface area (Å²) in [6.45, 7) is 4.31. The van der Waals surface area contributed by atoms with Crippen molar-refractivity contribution in [2.45, 2.75) is 44.7 Å². The van der Waals surface area contributed by atoms with Crippen LogP contribution in [-0.4, -0.2) is 52.3 Å². The molecule has 0 radical (unpaired) electrons. The van der Waals surface area contributed by atoms with Crippen molar-refractivity contribution in [2.24, 2.45) is 0 Å². The Hall–Kier alpha value is -2.12. The number of carbonyl (C=O) groups is 1. The minimum Gasteiger partial charge on any atom is -0.496 e. The fourth-order valence-electron chi connectivity index (χ4n) is 4.11. The topological polar surface area (TPSA) is 72.3 Å². The first-order valence-corrected chi connectivity index (χ1v) is 9.78. The quantitative estimate of drug-likeness (QED) is 0.825. The number of amides is 1. The summed E-state index contributed by atoms with van der Waals surface area (Å²) in [4.78, 5) is 14.6. The van der Waals surface area contributed by atoms with Gasteiger partial charge in [-0.1, -0.05) is 18.2 Å². The third-order valence-corrected chi connectivity index (χ3v) is 5.66. The van der Waals surface area contributed by atoms with Gasteiger partial charge in [0.25, 0.3) is 0 Å². The Morgan fingerprint density at radius 1 is 1.21 bits per heavy atom. The van der Waals surface area contributed by atoms with E-state index in [1.165, 1.54) is 0 Å². The molecule has 0 unspecified atom stereocenters. The number of hydrogen-bond donors (Lipinski definition) is 1. The van der Waals surface area contributed by atoms with Crippen LogP contribution in [-0.2, 0) is 24.3 Å². The second-order valence-electron chi connectivity index (χ2n) is 7.27. The lowest BCUT2D eigenvalue weighted by atomic mass is 9.95. The first-order valence-electron chi connectivity index (χ1n) is 9.78. The number of ether oxygens (including phenoxy) is 1. The summed E-state index contributed by atoms with van der Waals surface area (Å²) >= 11 is 0. The molecule has 2 aromatic rings. The van der Waals surface area contributed by atoms with Crippen molar-refractivity contribution >= 4 is 18.3 Å². The summed E-state index contributed by atoms with van der Waals surface area (Å²) in [5, 5.41) is 12.1. The molecule has 1 N–H and O–H groups in total. The molecule has 0 atom stereocenters. The summed E-state index contributed by atoms with van der Waals surface area (Å²) in [5.41, 5.74) is 1.09. The Morgan fingerprint density at radius 3 is 2.79 bits per heavy atom. The van der Waals surface area contributed by atoms with E-state index in [1.54, 1.807) is 7.11 Å². The second kappa shape index (κ2) is 9.39. The molecule has 4 rings (SSSR count). The summed E-state index contributed by atoms with van der Waals surface area (Å²) < 4.78 is 7.64. The summed E-state index contributed by atoms with van der Waals surface area (Å²) in [7, 11) is 1.67. The minimum absolute atomic E-state index is 0. The van der Waals surface area contributed by atoms with E-state index in [9.17, 15) is 4.79 Å². The monoisotopic (exact) mass is 405 g/mol. The molecule has 2 aliphatic rings. The van der Waals surface area contributed by atoms with Crippen LogP contribution in [0.5, 0.6) is 5.75 Å². The number of piperidine rings is 1. The molecule has 0 aliphatic carbocycles. The smallest absolute Gasteiger partial charge is 0.222 e. The van der Waals surface area contributed by atoms with Crippen LogP contribution in [0, 0.1) is 0 Å². The number of rotatable bonds is 5. The molecule has 1 aromatic heterocycles. The Kier molecular flexibility index (Phi) is 6.91. The molecule has 1 fully saturated rings. The van der Waals surface area contributed by atoms with Gasteiger partial charge in [0.2, 0.25) is 5.91 Å². The van der Waals surface area contributed by atoms with Crippen LogP contribution in [0.25, 0.3) is 0 Å². The highest BCUT2D eigenvalue weighted by Crippen LogP contribution is 2.28. The van der Waals surface area contributed by atoms with Crippen molar-refractivity contribution in [1.82, 2.24) is 25.0 Å². The lowest BCUT2D eigenvalue weighted by Crippen LogP contribution is -2.39. The number of likely N-dealkylation sites (tertiary alicyclic amines) is 1. The van der Waals surface area contributed by atoms with Crippen LogP contribution in [0.4, 0.5) is 0 Å². The van der Waals surface area contributed by atoms with Crippen LogP contribution < -0.4 is 10.1 Å². The van der Waals surface area contributed by atoms with Gasteiger partial charge in [-0.25, -0.2) is 0 Å². The Balaban J connectivity index is 0.00000225. The van der Waals surface area contributed by atoms with Crippen molar-refractivity contribution in [3.05, 3.63) is 41.5 Å². The van der Waals surface area contributed by atoms with Crippen molar-refractivity contribution in [1.29, 1.82) is 0 Å². The molecule has 0 spiro atoms. The van der Waals surface area contributed by atoms with Crippen LogP contribution in [0.3, 0.4) is 0 Å². The van der Waals surface area contributed by atoms with Gasteiger partial charge < -0.3 is 19.5 Å². The number of para-hydroxylation sites is 1. The average Bonchev–Trinajstić information content (AvgIpc) is 3.16. The van der Waals surface area contributed by atoms with Crippen LogP contribution in [0.15, 0.2) is 24.3 Å². The van der Waals surface area contributed by atoms with Gasteiger partial charge in [0.15, 0.2) is 0 Å². The zero-order valence-electron chi connectivity index (χ0n) is 16.3. The van der Waals surface area contributed by atoms with Gasteiger partial charge in [0, 0.05) is 38.5 Å². The van der Waals surface area contributed by atoms with Crippen molar-refractivity contribution in [3.8, 4) is 5.75 Å². The SMILES string of the molecule is COc1ccccc1CCC(=O)N1CCC(c2nnc3n2CCNC3)CC1.Cl. The van der Waals surface area contributed by atoms with E-state index in [1.807, 2.05) is 29.2 Å². The molecule has 1 saturated heterocycles. The van der Waals surface area contributed by atoms with Gasteiger partial charge in [0.05, 0.1) is 13.7 Å². The molecule has 8 heteroatoms. The van der Waals surface area contributed by atoms with Gasteiger partial charge in [-0.05, 0) is 30.9 Å². The summed E-state index contributed by atoms with van der Waals surface area (Å²) in [6, 6.07) is 7.92. The molecule has 0 bridgehead atoms. The number of aromatic nitrogens is 3. The molecule has 152 valence electrons. The van der Waals surface area contributed by atoms with Gasteiger partial charge in [-0.3, -0.25) is 4.79 Å². The highest BCUT2D eigenvalue weighted by atomic mass is 35.5. The fraction of sp³-hybridized carbons (Fsp3) is 0.550. The summed E-state index contributed by atoms with van der Waals surface area (Å²) in [6.07, 6.45) is 3.17. The van der Waals surface area contributed by atoms with E-state index in [-0.39, 0.29) is 18.3 Å². The van der Waals surface area contributed by atoms with Crippen molar-refractivity contribution < 1.29 is 9.53 Å². The predicted molar refractivity (Wildman–Crippen MR) is 109 cm³/mol. The first-order chi connectivity index (χ1) is 13.3. The third kappa shape index (κ3) is 4.31. The second-order valence-corrected chi connectivity index (χ2v) is 7.27. The zero-order valence-corrected chi connectivity index (χ0v) is 17.1. The van der Waals surface area contributed by atoms with Gasteiger partial charge in [0.1, 0.15) is 17.4 Å². The van der Waals surface area contributed by atoms with Crippen molar-refractivity contribution in [2.75, 3.05) is 26.7 Å². The molecular weight excluding hydrogens is 378 g/mol. The molecule has 0 saturated carbocycles. The number of nitrogens with zero attached hydrogens (tertiary/aromatic N) is 4. The Bertz CT molecular complexity index is 802. The molecule has 1 aromatic carbocycles. The number of halogens is 1. The number of fused-ring (bicyclic) bond motifs is 1. The van der Waals surface area contributed by atoms with Crippen LogP contribution >= 0.6 is 12.4 Å². The molecular formula is C20H28ClN5O2. The van der Waals surface area contributed by atoms with E-state index >= 15 is 0 Å². The van der Waals surface area contributed by atoms with Crippen molar-refractivity contribution in [3.63, 3.8) is 0 Å². The van der Waals surface area contributed by atoms with E-state index in [0.717, 1.165) is 68.5 Å². The zero-order chi connectivity index (χ0) is 18.6. The maximum absolute atomic E-state index is 12.6. The summed E-state index contributed by atoms with van der Waals surface area (Å²) in [5.74, 6) is 3.63. The Morgan fingerprint density at radius 2 is 2.00 bits per heavy atom. The number of benzene rings is 1. The van der Waals surface area contributed by atoms with E-state index < -0.39 is 0 Å². The fourth-order valence-corrected chi connectivity index (χ4v) is 4.11. The number of nitrogens with one attached hydrogen (secondary N) is 1. The third-order valence-electron chi connectivity index (χ3n) is 5.66. The molecule has 3 heterocycles. The number of aryl methyl sites for hydroxylation is 1. The lowest BCUT2D eigenvalue weighted by molar-refractivity contribution is -0.132. The van der Waals surface area contributed by atoms with E-state index in [0.29, 0.717) is 18.8 Å². The first kappa shape index (κ1) is 20.6. The molecule has 28 heavy (non-hydrogen) atoms. The standard InChI is InChI=1S/C20H27N5O2.ClH/c1-27-17-5-3-2-4-15(17)6-7-19(26)24-11-8-16(9-12-24)20-23-22-18-14-21-10-13-25(18)20;/h2-5,16,21H,6-14H2,1H3;1H.